The van der Waals surface area contributed by atoms with Gasteiger partial charge in [0.15, 0.2) is 0 Å². The first-order chi connectivity index (χ1) is 8.69. The van der Waals surface area contributed by atoms with Gasteiger partial charge in [-0.1, -0.05) is 13.8 Å². The maximum atomic E-state index is 5.79. The number of anilines is 1. The van der Waals surface area contributed by atoms with E-state index in [4.69, 9.17) is 16.3 Å². The van der Waals surface area contributed by atoms with Gasteiger partial charge in [0.05, 0.1) is 6.61 Å². The van der Waals surface area contributed by atoms with Crippen molar-refractivity contribution in [3.63, 3.8) is 0 Å². The monoisotopic (exact) mass is 273 g/mol. The lowest BCUT2D eigenvalue weighted by molar-refractivity contribution is 0.310. The molecule has 0 fully saturated rings. The first-order valence-corrected chi connectivity index (χ1v) is 6.57. The molecule has 102 valence electrons. The molecule has 1 aromatic heterocycles. The van der Waals surface area contributed by atoms with Crippen LogP contribution in [0, 0.1) is 0 Å². The van der Waals surface area contributed by atoms with Crippen molar-refractivity contribution in [3.05, 3.63) is 5.28 Å². The highest BCUT2D eigenvalue weighted by Crippen LogP contribution is 2.10. The second-order valence-electron chi connectivity index (χ2n) is 3.60. The second-order valence-corrected chi connectivity index (χ2v) is 3.94. The van der Waals surface area contributed by atoms with Crippen molar-refractivity contribution in [1.29, 1.82) is 0 Å². The predicted octanol–water partition coefficient (Wildman–Crippen LogP) is 1.68. The van der Waals surface area contributed by atoms with Crippen LogP contribution in [0.2, 0.25) is 5.28 Å². The Morgan fingerprint density at radius 1 is 1.17 bits per heavy atom. The average Bonchev–Trinajstić information content (AvgIpc) is 2.34. The minimum Gasteiger partial charge on any atom is -0.464 e. The zero-order valence-electron chi connectivity index (χ0n) is 11.1. The molecule has 0 amide bonds. The lowest BCUT2D eigenvalue weighted by Gasteiger charge is -2.17. The third-order valence-electron chi connectivity index (χ3n) is 2.47. The fourth-order valence-corrected chi connectivity index (χ4v) is 1.62. The molecule has 0 aliphatic heterocycles. The highest BCUT2D eigenvalue weighted by Gasteiger charge is 2.05. The van der Waals surface area contributed by atoms with E-state index in [1.54, 1.807) is 0 Å². The van der Waals surface area contributed by atoms with Crippen LogP contribution in [0.25, 0.3) is 0 Å². The molecular weight excluding hydrogens is 254 g/mol. The number of nitrogens with zero attached hydrogens (tertiary/aromatic N) is 4. The predicted molar refractivity (Wildman–Crippen MR) is 72.3 cm³/mol. The summed E-state index contributed by atoms with van der Waals surface area (Å²) in [7, 11) is 0. The highest BCUT2D eigenvalue weighted by molar-refractivity contribution is 6.28. The summed E-state index contributed by atoms with van der Waals surface area (Å²) in [6.07, 6.45) is 0. The zero-order chi connectivity index (χ0) is 13.4. The Morgan fingerprint density at radius 3 is 2.50 bits per heavy atom. The molecule has 0 saturated heterocycles. The van der Waals surface area contributed by atoms with Crippen LogP contribution in [-0.4, -0.2) is 52.6 Å². The molecule has 1 N–H and O–H groups in total. The van der Waals surface area contributed by atoms with Gasteiger partial charge in [-0.2, -0.15) is 15.0 Å². The summed E-state index contributed by atoms with van der Waals surface area (Å²) < 4.78 is 5.20. The molecule has 0 unspecified atom stereocenters. The summed E-state index contributed by atoms with van der Waals surface area (Å²) in [6, 6.07) is 0.253. The normalized spacial score (nSPS) is 10.7. The number of rotatable bonds is 8. The number of halogens is 1. The molecule has 0 radical (unpaired) electrons. The Bertz CT molecular complexity index is 359. The second kappa shape index (κ2) is 8.05. The fraction of sp³-hybridized carbons (Fsp3) is 0.727. The quantitative estimate of drug-likeness (QED) is 0.777. The van der Waals surface area contributed by atoms with Crippen molar-refractivity contribution in [1.82, 2.24) is 19.9 Å². The van der Waals surface area contributed by atoms with Crippen molar-refractivity contribution >= 4 is 17.5 Å². The van der Waals surface area contributed by atoms with Gasteiger partial charge in [0.1, 0.15) is 0 Å². The number of ether oxygens (including phenoxy) is 1. The molecule has 1 rings (SSSR count). The van der Waals surface area contributed by atoms with Gasteiger partial charge in [-0.25, -0.2) is 0 Å². The van der Waals surface area contributed by atoms with Crippen LogP contribution in [0.5, 0.6) is 6.01 Å². The first-order valence-electron chi connectivity index (χ1n) is 6.20. The van der Waals surface area contributed by atoms with Gasteiger partial charge >= 0.3 is 6.01 Å². The van der Waals surface area contributed by atoms with Crippen LogP contribution in [0.3, 0.4) is 0 Å². The van der Waals surface area contributed by atoms with E-state index in [-0.39, 0.29) is 11.3 Å². The maximum Gasteiger partial charge on any atom is 0.322 e. The maximum absolute atomic E-state index is 5.79. The number of hydrogen-bond acceptors (Lipinski definition) is 6. The van der Waals surface area contributed by atoms with Gasteiger partial charge in [0, 0.05) is 13.1 Å². The van der Waals surface area contributed by atoms with Gasteiger partial charge in [0.2, 0.25) is 11.2 Å². The van der Waals surface area contributed by atoms with Crippen LogP contribution in [0.1, 0.15) is 20.8 Å². The van der Waals surface area contributed by atoms with E-state index in [9.17, 15) is 0 Å². The van der Waals surface area contributed by atoms with Crippen LogP contribution in [0.15, 0.2) is 0 Å². The Kier molecular flexibility index (Phi) is 6.67. The molecule has 0 spiro atoms. The summed E-state index contributed by atoms with van der Waals surface area (Å²) >= 11 is 5.79. The van der Waals surface area contributed by atoms with Crippen LogP contribution in [0.4, 0.5) is 5.95 Å². The molecule has 0 saturated carbocycles. The molecular formula is C11H20ClN5O. The highest BCUT2D eigenvalue weighted by atomic mass is 35.5. The summed E-state index contributed by atoms with van der Waals surface area (Å²) in [5.74, 6) is 0.450. The van der Waals surface area contributed by atoms with Gasteiger partial charge in [0.25, 0.3) is 0 Å². The van der Waals surface area contributed by atoms with Gasteiger partial charge in [-0.3, -0.25) is 0 Å². The van der Waals surface area contributed by atoms with Crippen LogP contribution >= 0.6 is 11.6 Å². The molecule has 1 heterocycles. The van der Waals surface area contributed by atoms with Gasteiger partial charge in [-0.05, 0) is 31.6 Å². The molecule has 7 heteroatoms. The topological polar surface area (TPSA) is 63.2 Å². The van der Waals surface area contributed by atoms with E-state index in [2.05, 4.69) is 39.0 Å². The number of nitrogens with one attached hydrogen (secondary N) is 1. The van der Waals surface area contributed by atoms with Gasteiger partial charge < -0.3 is 15.0 Å². The Hall–Kier alpha value is -1.14. The Morgan fingerprint density at radius 2 is 1.89 bits per heavy atom. The van der Waals surface area contributed by atoms with E-state index in [1.165, 1.54) is 0 Å². The van der Waals surface area contributed by atoms with Crippen LogP contribution < -0.4 is 10.1 Å². The molecule has 6 nitrogen and oxygen atoms in total. The number of hydrogen-bond donors (Lipinski definition) is 1. The summed E-state index contributed by atoms with van der Waals surface area (Å²) in [6.45, 7) is 10.4. The smallest absolute Gasteiger partial charge is 0.322 e. The first kappa shape index (κ1) is 14.9. The largest absolute Gasteiger partial charge is 0.464 e. The third-order valence-corrected chi connectivity index (χ3v) is 2.64. The van der Waals surface area contributed by atoms with Gasteiger partial charge in [-0.15, -0.1) is 0 Å². The van der Waals surface area contributed by atoms with Crippen molar-refractivity contribution in [3.8, 4) is 6.01 Å². The minimum absolute atomic E-state index is 0.138. The molecule has 1 aromatic rings. The Balaban J connectivity index is 2.51. The summed E-state index contributed by atoms with van der Waals surface area (Å²) in [5, 5.41) is 3.25. The average molecular weight is 274 g/mol. The molecule has 18 heavy (non-hydrogen) atoms. The molecule has 0 bridgehead atoms. The molecule has 0 aromatic carbocycles. The lowest BCUT2D eigenvalue weighted by atomic mass is 10.4. The molecule has 0 aliphatic carbocycles. The van der Waals surface area contributed by atoms with E-state index in [1.807, 2.05) is 6.92 Å². The number of likely N-dealkylation sites (N-methyl/N-ethyl adjacent to an activating group) is 1. The van der Waals surface area contributed by atoms with Crippen molar-refractivity contribution in [2.45, 2.75) is 20.8 Å². The van der Waals surface area contributed by atoms with E-state index in [0.717, 1.165) is 26.2 Å². The van der Waals surface area contributed by atoms with Crippen molar-refractivity contribution < 1.29 is 4.74 Å². The number of aromatic nitrogens is 3. The Labute approximate surface area is 113 Å². The summed E-state index contributed by atoms with van der Waals surface area (Å²) in [5.41, 5.74) is 0. The van der Waals surface area contributed by atoms with E-state index in [0.29, 0.717) is 12.6 Å². The summed E-state index contributed by atoms with van der Waals surface area (Å²) in [4.78, 5) is 14.3. The van der Waals surface area contributed by atoms with E-state index >= 15 is 0 Å². The standard InChI is InChI=1S/C11H20ClN5O/c1-4-17(5-2)8-7-13-10-14-9(12)15-11(16-10)18-6-3/h4-8H2,1-3H3,(H,13,14,15,16). The van der Waals surface area contributed by atoms with Crippen molar-refractivity contribution in [2.24, 2.45) is 0 Å². The fourth-order valence-electron chi connectivity index (χ4n) is 1.47. The molecule has 0 atom stereocenters. The zero-order valence-corrected chi connectivity index (χ0v) is 11.9. The van der Waals surface area contributed by atoms with Crippen LogP contribution in [-0.2, 0) is 0 Å². The lowest BCUT2D eigenvalue weighted by Crippen LogP contribution is -2.29. The third kappa shape index (κ3) is 5.01. The minimum atomic E-state index is 0.138. The SMILES string of the molecule is CCOc1nc(Cl)nc(NCCN(CC)CC)n1. The van der Waals surface area contributed by atoms with Crippen molar-refractivity contribution in [2.75, 3.05) is 38.1 Å². The van der Waals surface area contributed by atoms with E-state index < -0.39 is 0 Å². The molecule has 0 aliphatic rings.